The van der Waals surface area contributed by atoms with E-state index in [0.29, 0.717) is 12.2 Å². The van der Waals surface area contributed by atoms with Crippen LogP contribution in [0.4, 0.5) is 0 Å². The van der Waals surface area contributed by atoms with Gasteiger partial charge in [-0.05, 0) is 13.8 Å². The number of sulfonamides is 1. The maximum atomic E-state index is 12.1. The highest BCUT2D eigenvalue weighted by Gasteiger charge is 2.47. The molecule has 2 rings (SSSR count). The van der Waals surface area contributed by atoms with Gasteiger partial charge < -0.3 is 14.2 Å². The standard InChI is InChI=1S/C14H23N3O7S/c1-5-23-10-9(6-15-25(4,20)21)24-13(11(10)22-3)17-7-8(2)12(18)16-14(17)19/h7,9-11,13,15H,5-6H2,1-4H3,(H,16,18,19)/t9-,10-,11-,13-/m1/s1. The third-order valence-electron chi connectivity index (χ3n) is 3.88. The first kappa shape index (κ1) is 19.8. The molecule has 1 aromatic rings. The molecular weight excluding hydrogens is 354 g/mol. The zero-order valence-electron chi connectivity index (χ0n) is 14.5. The fourth-order valence-corrected chi connectivity index (χ4v) is 3.22. The summed E-state index contributed by atoms with van der Waals surface area (Å²) in [7, 11) is -1.97. The van der Waals surface area contributed by atoms with Gasteiger partial charge in [-0.3, -0.25) is 14.3 Å². The Hall–Kier alpha value is -1.53. The number of aromatic amines is 1. The van der Waals surface area contributed by atoms with E-state index in [2.05, 4.69) is 9.71 Å². The fourth-order valence-electron chi connectivity index (χ4n) is 2.75. The number of rotatable bonds is 7. The van der Waals surface area contributed by atoms with Crippen LogP contribution < -0.4 is 16.0 Å². The minimum absolute atomic E-state index is 0.0308. The minimum Gasteiger partial charge on any atom is -0.374 e. The SMILES string of the molecule is CCO[C@H]1[C@@H](OC)[C@H](n2cc(C)c(=O)[nH]c2=O)O[C@@H]1CNS(C)(=O)=O. The molecule has 1 aliphatic heterocycles. The molecule has 1 saturated heterocycles. The lowest BCUT2D eigenvalue weighted by atomic mass is 10.1. The molecule has 0 radical (unpaired) electrons. The summed E-state index contributed by atoms with van der Waals surface area (Å²) in [5, 5.41) is 0. The molecule has 0 bridgehead atoms. The Labute approximate surface area is 145 Å². The van der Waals surface area contributed by atoms with Gasteiger partial charge in [0.15, 0.2) is 6.23 Å². The Balaban J connectivity index is 2.36. The van der Waals surface area contributed by atoms with E-state index in [9.17, 15) is 18.0 Å². The Bertz CT molecular complexity index is 816. The van der Waals surface area contributed by atoms with Crippen LogP contribution >= 0.6 is 0 Å². The molecule has 2 N–H and O–H groups in total. The van der Waals surface area contributed by atoms with Gasteiger partial charge in [-0.25, -0.2) is 17.9 Å². The lowest BCUT2D eigenvalue weighted by Gasteiger charge is -2.23. The monoisotopic (exact) mass is 377 g/mol. The molecule has 25 heavy (non-hydrogen) atoms. The molecule has 0 aliphatic carbocycles. The van der Waals surface area contributed by atoms with Crippen LogP contribution in [0.25, 0.3) is 0 Å². The predicted octanol–water partition coefficient (Wildman–Crippen LogP) is -1.29. The van der Waals surface area contributed by atoms with Gasteiger partial charge in [0.2, 0.25) is 10.0 Å². The number of aromatic nitrogens is 2. The van der Waals surface area contributed by atoms with E-state index in [1.807, 2.05) is 0 Å². The highest BCUT2D eigenvalue weighted by atomic mass is 32.2. The molecule has 11 heteroatoms. The second-order valence-corrected chi connectivity index (χ2v) is 7.62. The summed E-state index contributed by atoms with van der Waals surface area (Å²) in [6.45, 7) is 3.68. The molecule has 142 valence electrons. The number of nitrogens with one attached hydrogen (secondary N) is 2. The van der Waals surface area contributed by atoms with Gasteiger partial charge in [0.05, 0.1) is 6.26 Å². The van der Waals surface area contributed by atoms with Gasteiger partial charge in [-0.1, -0.05) is 0 Å². The van der Waals surface area contributed by atoms with Crippen LogP contribution in [0.3, 0.4) is 0 Å². The molecule has 10 nitrogen and oxygen atoms in total. The number of hydrogen-bond acceptors (Lipinski definition) is 7. The van der Waals surface area contributed by atoms with Crippen molar-refractivity contribution >= 4 is 10.0 Å². The van der Waals surface area contributed by atoms with Crippen molar-refractivity contribution in [3.63, 3.8) is 0 Å². The summed E-state index contributed by atoms with van der Waals surface area (Å²) in [6, 6.07) is 0. The molecule has 0 unspecified atom stereocenters. The van der Waals surface area contributed by atoms with E-state index in [1.54, 1.807) is 13.8 Å². The van der Waals surface area contributed by atoms with Gasteiger partial charge in [0, 0.05) is 32.0 Å². The molecule has 2 heterocycles. The number of H-pyrrole nitrogens is 1. The maximum Gasteiger partial charge on any atom is 0.330 e. The van der Waals surface area contributed by atoms with Crippen LogP contribution in [-0.2, 0) is 24.2 Å². The molecule has 0 aromatic carbocycles. The quantitative estimate of drug-likeness (QED) is 0.605. The van der Waals surface area contributed by atoms with Crippen LogP contribution in [0, 0.1) is 6.92 Å². The Kier molecular flexibility index (Phi) is 6.16. The van der Waals surface area contributed by atoms with E-state index < -0.39 is 45.8 Å². The van der Waals surface area contributed by atoms with Crippen molar-refractivity contribution in [3.8, 4) is 0 Å². The summed E-state index contributed by atoms with van der Waals surface area (Å²) in [5.41, 5.74) is -0.789. The van der Waals surface area contributed by atoms with Crippen LogP contribution in [0.15, 0.2) is 15.8 Å². The third kappa shape index (κ3) is 4.55. The first-order valence-electron chi connectivity index (χ1n) is 7.74. The average molecular weight is 377 g/mol. The second kappa shape index (κ2) is 7.79. The predicted molar refractivity (Wildman–Crippen MR) is 89.0 cm³/mol. The highest BCUT2D eigenvalue weighted by Crippen LogP contribution is 2.32. The van der Waals surface area contributed by atoms with Crippen LogP contribution in [-0.4, -0.2) is 62.8 Å². The highest BCUT2D eigenvalue weighted by molar-refractivity contribution is 7.88. The zero-order chi connectivity index (χ0) is 18.8. The lowest BCUT2D eigenvalue weighted by molar-refractivity contribution is -0.0596. The van der Waals surface area contributed by atoms with E-state index in [1.165, 1.54) is 17.9 Å². The molecular formula is C14H23N3O7S. The fraction of sp³-hybridized carbons (Fsp3) is 0.714. The van der Waals surface area contributed by atoms with Crippen LogP contribution in [0.1, 0.15) is 18.7 Å². The van der Waals surface area contributed by atoms with E-state index >= 15 is 0 Å². The van der Waals surface area contributed by atoms with Crippen molar-refractivity contribution in [2.24, 2.45) is 0 Å². The molecule has 1 aliphatic rings. The van der Waals surface area contributed by atoms with E-state index in [-0.39, 0.29) is 6.54 Å². The molecule has 1 aromatic heterocycles. The van der Waals surface area contributed by atoms with Crippen molar-refractivity contribution in [2.45, 2.75) is 38.4 Å². The first-order valence-corrected chi connectivity index (χ1v) is 9.63. The molecule has 0 saturated carbocycles. The lowest BCUT2D eigenvalue weighted by Crippen LogP contribution is -2.42. The summed E-state index contributed by atoms with van der Waals surface area (Å²) in [6.07, 6.45) is -0.353. The maximum absolute atomic E-state index is 12.1. The van der Waals surface area contributed by atoms with Crippen LogP contribution in [0.2, 0.25) is 0 Å². The van der Waals surface area contributed by atoms with Crippen molar-refractivity contribution < 1.29 is 22.6 Å². The van der Waals surface area contributed by atoms with Gasteiger partial charge in [0.1, 0.15) is 18.3 Å². The summed E-state index contributed by atoms with van der Waals surface area (Å²) in [5.74, 6) is 0. The number of ether oxygens (including phenoxy) is 3. The molecule has 1 fully saturated rings. The first-order chi connectivity index (χ1) is 11.7. The molecule has 0 amide bonds. The van der Waals surface area contributed by atoms with Crippen molar-refractivity contribution in [1.29, 1.82) is 0 Å². The van der Waals surface area contributed by atoms with Crippen molar-refractivity contribution in [1.82, 2.24) is 14.3 Å². The molecule has 4 atom stereocenters. The zero-order valence-corrected chi connectivity index (χ0v) is 15.3. The van der Waals surface area contributed by atoms with Crippen molar-refractivity contribution in [3.05, 3.63) is 32.6 Å². The van der Waals surface area contributed by atoms with E-state index in [4.69, 9.17) is 14.2 Å². The Morgan fingerprint density at radius 2 is 2.04 bits per heavy atom. The van der Waals surface area contributed by atoms with E-state index in [0.717, 1.165) is 6.26 Å². The second-order valence-electron chi connectivity index (χ2n) is 5.78. The number of methoxy groups -OCH3 is 1. The Morgan fingerprint density at radius 1 is 1.36 bits per heavy atom. The summed E-state index contributed by atoms with van der Waals surface area (Å²) < 4.78 is 43.3. The van der Waals surface area contributed by atoms with Gasteiger partial charge in [-0.2, -0.15) is 0 Å². The number of aryl methyl sites for hydroxylation is 1. The smallest absolute Gasteiger partial charge is 0.330 e. The molecule has 0 spiro atoms. The normalized spacial score (nSPS) is 26.9. The minimum atomic E-state index is -3.42. The van der Waals surface area contributed by atoms with Gasteiger partial charge in [0.25, 0.3) is 5.56 Å². The third-order valence-corrected chi connectivity index (χ3v) is 4.57. The summed E-state index contributed by atoms with van der Waals surface area (Å²) >= 11 is 0. The van der Waals surface area contributed by atoms with Crippen molar-refractivity contribution in [2.75, 3.05) is 26.5 Å². The van der Waals surface area contributed by atoms with Crippen LogP contribution in [0.5, 0.6) is 0 Å². The van der Waals surface area contributed by atoms with Gasteiger partial charge in [-0.15, -0.1) is 0 Å². The summed E-state index contributed by atoms with van der Waals surface area (Å²) in [4.78, 5) is 25.9. The topological polar surface area (TPSA) is 129 Å². The Morgan fingerprint density at radius 3 is 2.60 bits per heavy atom. The number of nitrogens with zero attached hydrogens (tertiary/aromatic N) is 1. The largest absolute Gasteiger partial charge is 0.374 e. The average Bonchev–Trinajstić information content (AvgIpc) is 2.86. The van der Waals surface area contributed by atoms with Gasteiger partial charge >= 0.3 is 5.69 Å². The number of hydrogen-bond donors (Lipinski definition) is 2.